The average molecular weight is 678 g/mol. The third kappa shape index (κ3) is 4.43. The van der Waals surface area contributed by atoms with Crippen molar-refractivity contribution in [3.05, 3.63) is 145 Å². The van der Waals surface area contributed by atoms with Crippen LogP contribution < -0.4 is 26.6 Å². The van der Waals surface area contributed by atoms with Crippen LogP contribution in [0.1, 0.15) is 52.7 Å². The third-order valence-corrected chi connectivity index (χ3v) is 11.1. The lowest BCUT2D eigenvalue weighted by molar-refractivity contribution is 0.587. The molecule has 0 aliphatic carbocycles. The smallest absolute Gasteiger partial charge is 0.342 e. The molecule has 0 spiro atoms. The number of fused-ring (bicyclic) bond motifs is 7. The molecule has 5 nitrogen and oxygen atoms in total. The molecule has 0 amide bonds. The summed E-state index contributed by atoms with van der Waals surface area (Å²) in [6.45, 7) is 13.4. The van der Waals surface area contributed by atoms with Gasteiger partial charge in [-0.1, -0.05) is 102 Å². The zero-order chi connectivity index (χ0) is 35.5. The van der Waals surface area contributed by atoms with Crippen LogP contribution in [0, 0.1) is 0 Å². The van der Waals surface area contributed by atoms with Gasteiger partial charge >= 0.3 is 6.71 Å². The Morgan fingerprint density at radius 3 is 1.31 bits per heavy atom. The van der Waals surface area contributed by atoms with E-state index in [0.717, 1.165) is 56.6 Å². The molecule has 2 aliphatic heterocycles. The third-order valence-electron chi connectivity index (χ3n) is 11.1. The molecule has 5 aromatic carbocycles. The minimum atomic E-state index is -0.206. The Bertz CT molecular complexity index is 2490. The molecular weight excluding hydrogens is 637 g/mol. The fraction of sp³-hybridized carbons (Fsp3) is 0.174. The van der Waals surface area contributed by atoms with Crippen molar-refractivity contribution in [1.29, 1.82) is 0 Å². The molecule has 0 N–H and O–H groups in total. The van der Waals surface area contributed by atoms with Crippen LogP contribution in [0.15, 0.2) is 143 Å². The van der Waals surface area contributed by atoms with Gasteiger partial charge in [0.25, 0.3) is 0 Å². The number of hydrogen-bond donors (Lipinski definition) is 0. The van der Waals surface area contributed by atoms with Crippen molar-refractivity contribution >= 4 is 79.4 Å². The van der Waals surface area contributed by atoms with E-state index in [1.54, 1.807) is 0 Å². The molecule has 52 heavy (non-hydrogen) atoms. The predicted molar refractivity (Wildman–Crippen MR) is 217 cm³/mol. The van der Waals surface area contributed by atoms with Crippen LogP contribution in [0.2, 0.25) is 0 Å². The predicted octanol–water partition coefficient (Wildman–Crippen LogP) is 10.6. The van der Waals surface area contributed by atoms with E-state index in [0.29, 0.717) is 0 Å². The van der Waals surface area contributed by atoms with Crippen molar-refractivity contribution in [2.75, 3.05) is 9.80 Å². The average Bonchev–Trinajstić information content (AvgIpc) is 3.89. The van der Waals surface area contributed by atoms with Gasteiger partial charge in [0.15, 0.2) is 0 Å². The van der Waals surface area contributed by atoms with E-state index in [1.807, 2.05) is 12.5 Å². The molecule has 6 heteroatoms. The van der Waals surface area contributed by atoms with Gasteiger partial charge in [0, 0.05) is 33.5 Å². The highest BCUT2D eigenvalue weighted by molar-refractivity contribution is 6.98. The molecule has 0 radical (unpaired) electrons. The quantitative estimate of drug-likeness (QED) is 0.175. The second-order valence-electron chi connectivity index (χ2n) is 16.3. The molecule has 2 aliphatic rings. The Balaban J connectivity index is 1.30. The molecule has 0 bridgehead atoms. The maximum absolute atomic E-state index is 6.45. The number of hydrogen-bond acceptors (Lipinski definition) is 4. The van der Waals surface area contributed by atoms with Crippen molar-refractivity contribution in [3.8, 4) is 5.69 Å². The van der Waals surface area contributed by atoms with Gasteiger partial charge in [-0.05, 0) is 88.1 Å². The first kappa shape index (κ1) is 30.9. The number of aromatic nitrogens is 1. The number of rotatable bonds is 3. The number of benzene rings is 5. The molecule has 0 saturated carbocycles. The largest absolute Gasteiger partial charge is 0.476 e. The van der Waals surface area contributed by atoms with E-state index in [-0.39, 0.29) is 17.5 Å². The monoisotopic (exact) mass is 677 g/mol. The van der Waals surface area contributed by atoms with E-state index < -0.39 is 0 Å². The van der Waals surface area contributed by atoms with Crippen LogP contribution in [-0.2, 0) is 10.8 Å². The summed E-state index contributed by atoms with van der Waals surface area (Å²) in [5.74, 6) is 0. The number of para-hydroxylation sites is 2. The molecule has 0 saturated heterocycles. The normalized spacial score (nSPS) is 13.8. The first-order valence-electron chi connectivity index (χ1n) is 18.2. The zero-order valence-electron chi connectivity index (χ0n) is 30.4. The maximum atomic E-state index is 6.45. The van der Waals surface area contributed by atoms with Crippen molar-refractivity contribution in [3.63, 3.8) is 0 Å². The van der Waals surface area contributed by atoms with Crippen LogP contribution >= 0.6 is 0 Å². The van der Waals surface area contributed by atoms with E-state index in [4.69, 9.17) is 8.83 Å². The summed E-state index contributed by atoms with van der Waals surface area (Å²) in [4.78, 5) is 4.76. The van der Waals surface area contributed by atoms with Crippen molar-refractivity contribution in [1.82, 2.24) is 4.57 Å². The minimum Gasteiger partial charge on any atom is -0.476 e. The Morgan fingerprint density at radius 2 is 0.885 bits per heavy atom. The summed E-state index contributed by atoms with van der Waals surface area (Å²) in [6, 6.07) is 44.5. The summed E-state index contributed by atoms with van der Waals surface area (Å²) < 4.78 is 15.3. The SMILES string of the molecule is CC(C)(C)c1ccc(N2c3ccoc3B3c4occc4N(c4ccc(C(C)(C)C)cc4)c4cc(-n5c6ccccc6c6ccccc65)cc2c43)cc1. The lowest BCUT2D eigenvalue weighted by Crippen LogP contribution is -2.60. The minimum absolute atomic E-state index is 0.0423. The molecule has 0 unspecified atom stereocenters. The molecule has 10 rings (SSSR count). The van der Waals surface area contributed by atoms with Gasteiger partial charge in [-0.2, -0.15) is 0 Å². The van der Waals surface area contributed by atoms with Crippen LogP contribution in [0.4, 0.5) is 34.1 Å². The molecule has 0 fully saturated rings. The van der Waals surface area contributed by atoms with Gasteiger partial charge in [-0.3, -0.25) is 0 Å². The highest BCUT2D eigenvalue weighted by Crippen LogP contribution is 2.47. The topological polar surface area (TPSA) is 37.7 Å². The van der Waals surface area contributed by atoms with Gasteiger partial charge < -0.3 is 23.2 Å². The first-order chi connectivity index (χ1) is 25.1. The van der Waals surface area contributed by atoms with Crippen molar-refractivity contribution < 1.29 is 8.83 Å². The molecule has 254 valence electrons. The van der Waals surface area contributed by atoms with E-state index in [2.05, 4.69) is 177 Å². The first-order valence-corrected chi connectivity index (χ1v) is 18.2. The fourth-order valence-corrected chi connectivity index (χ4v) is 8.45. The Morgan fingerprint density at radius 1 is 0.462 bits per heavy atom. The van der Waals surface area contributed by atoms with Crippen LogP contribution in [0.25, 0.3) is 27.5 Å². The van der Waals surface area contributed by atoms with Gasteiger partial charge in [0.2, 0.25) is 0 Å². The van der Waals surface area contributed by atoms with Gasteiger partial charge in [0.05, 0.1) is 40.6 Å². The summed E-state index contributed by atoms with van der Waals surface area (Å²) >= 11 is 0. The van der Waals surface area contributed by atoms with Crippen LogP contribution in [0.3, 0.4) is 0 Å². The maximum Gasteiger partial charge on any atom is 0.342 e. The fourth-order valence-electron chi connectivity index (χ4n) is 8.45. The van der Waals surface area contributed by atoms with Crippen molar-refractivity contribution in [2.45, 2.75) is 52.4 Å². The van der Waals surface area contributed by atoms with Gasteiger partial charge in [-0.15, -0.1) is 0 Å². The molecule has 3 aromatic heterocycles. The number of nitrogens with zero attached hydrogens (tertiary/aromatic N) is 3. The zero-order valence-corrected chi connectivity index (χ0v) is 30.4. The number of anilines is 6. The summed E-state index contributed by atoms with van der Waals surface area (Å²) in [7, 11) is 0. The second kappa shape index (κ2) is 10.8. The van der Waals surface area contributed by atoms with E-state index >= 15 is 0 Å². The molecule has 5 heterocycles. The summed E-state index contributed by atoms with van der Waals surface area (Å²) in [5, 5.41) is 2.47. The summed E-state index contributed by atoms with van der Waals surface area (Å²) in [6.07, 6.45) is 3.64. The molecule has 0 atom stereocenters. The standard InChI is InChI=1S/C46H40BN3O2/c1-45(2,3)29-15-19-31(20-16-29)48-38-23-25-51-43(38)47-42-40(48)27-33(50-36-13-9-7-11-34(36)35-12-8-10-14-37(35)50)28-41(42)49(39-24-26-52-44(39)47)32-21-17-30(18-22-32)46(4,5)6/h7-28H,1-6H3. The second-order valence-corrected chi connectivity index (χ2v) is 16.3. The highest BCUT2D eigenvalue weighted by atomic mass is 16.3. The van der Waals surface area contributed by atoms with Crippen molar-refractivity contribution in [2.24, 2.45) is 0 Å². The highest BCUT2D eigenvalue weighted by Gasteiger charge is 2.48. The Hall–Kier alpha value is -5.88. The lowest BCUT2D eigenvalue weighted by Gasteiger charge is -2.41. The van der Waals surface area contributed by atoms with Crippen LogP contribution in [0.5, 0.6) is 0 Å². The molecular formula is C46H40BN3O2. The van der Waals surface area contributed by atoms with E-state index in [9.17, 15) is 0 Å². The van der Waals surface area contributed by atoms with Gasteiger partial charge in [-0.25, -0.2) is 0 Å². The Kier molecular flexibility index (Phi) is 6.43. The van der Waals surface area contributed by atoms with Crippen LogP contribution in [-0.4, -0.2) is 11.3 Å². The lowest BCUT2D eigenvalue weighted by atomic mass is 9.38. The van der Waals surface area contributed by atoms with E-state index in [1.165, 1.54) is 32.9 Å². The van der Waals surface area contributed by atoms with Gasteiger partial charge in [0.1, 0.15) is 11.3 Å². The Labute approximate surface area is 304 Å². The number of furan rings is 2. The molecule has 8 aromatic rings. The summed E-state index contributed by atoms with van der Waals surface area (Å²) in [5.41, 5.74) is 15.5.